The highest BCUT2D eigenvalue weighted by Gasteiger charge is 2.14. The number of hydrogen-bond donors (Lipinski definition) is 1. The SMILES string of the molecule is Cc1cc(Br)ccc1NC(=O)Cn1cnc2sc(C)c(C)c2c1=O. The second-order valence-corrected chi connectivity index (χ2v) is 7.77. The maximum Gasteiger partial charge on any atom is 0.262 e. The van der Waals surface area contributed by atoms with E-state index in [2.05, 4.69) is 26.2 Å². The Bertz CT molecular complexity index is 1010. The van der Waals surface area contributed by atoms with Gasteiger partial charge in [-0.2, -0.15) is 0 Å². The molecule has 0 bridgehead atoms. The Morgan fingerprint density at radius 2 is 2.08 bits per heavy atom. The highest BCUT2D eigenvalue weighted by atomic mass is 79.9. The molecule has 0 aliphatic heterocycles. The summed E-state index contributed by atoms with van der Waals surface area (Å²) >= 11 is 4.89. The molecule has 1 amide bonds. The van der Waals surface area contributed by atoms with Crippen LogP contribution in [0, 0.1) is 20.8 Å². The van der Waals surface area contributed by atoms with Crippen LogP contribution in [-0.2, 0) is 11.3 Å². The van der Waals surface area contributed by atoms with Crippen molar-refractivity contribution in [2.24, 2.45) is 0 Å². The third-order valence-electron chi connectivity index (χ3n) is 3.93. The van der Waals surface area contributed by atoms with E-state index in [1.807, 2.05) is 39.0 Å². The Kier molecular flexibility index (Phi) is 4.56. The largest absolute Gasteiger partial charge is 0.324 e. The molecule has 1 aromatic carbocycles. The fourth-order valence-corrected chi connectivity index (χ4v) is 3.96. The van der Waals surface area contributed by atoms with Gasteiger partial charge in [-0.3, -0.25) is 14.2 Å². The van der Waals surface area contributed by atoms with Crippen LogP contribution in [0.3, 0.4) is 0 Å². The standard InChI is InChI=1S/C17H16BrN3O2S/c1-9-6-12(18)4-5-13(9)20-14(22)7-21-8-19-16-15(17(21)23)10(2)11(3)24-16/h4-6,8H,7H2,1-3H3,(H,20,22). The van der Waals surface area contributed by atoms with E-state index in [0.29, 0.717) is 5.39 Å². The van der Waals surface area contributed by atoms with Crippen LogP contribution in [0.4, 0.5) is 5.69 Å². The third-order valence-corrected chi connectivity index (χ3v) is 5.54. The van der Waals surface area contributed by atoms with Crippen LogP contribution < -0.4 is 10.9 Å². The molecule has 0 atom stereocenters. The summed E-state index contributed by atoms with van der Waals surface area (Å²) in [6.45, 7) is 5.73. The molecule has 0 saturated heterocycles. The Morgan fingerprint density at radius 3 is 2.79 bits per heavy atom. The van der Waals surface area contributed by atoms with Crippen LogP contribution in [-0.4, -0.2) is 15.5 Å². The molecule has 2 heterocycles. The fourth-order valence-electron chi connectivity index (χ4n) is 2.49. The molecule has 3 rings (SSSR count). The van der Waals surface area contributed by atoms with Gasteiger partial charge in [0.2, 0.25) is 5.91 Å². The van der Waals surface area contributed by atoms with E-state index in [1.165, 1.54) is 22.2 Å². The molecule has 0 aliphatic carbocycles. The topological polar surface area (TPSA) is 64.0 Å². The minimum atomic E-state index is -0.256. The van der Waals surface area contributed by atoms with Crippen LogP contribution in [0.25, 0.3) is 10.2 Å². The Morgan fingerprint density at radius 1 is 1.33 bits per heavy atom. The van der Waals surface area contributed by atoms with Crippen LogP contribution >= 0.6 is 27.3 Å². The highest BCUT2D eigenvalue weighted by molar-refractivity contribution is 9.10. The van der Waals surface area contributed by atoms with E-state index >= 15 is 0 Å². The third kappa shape index (κ3) is 3.14. The van der Waals surface area contributed by atoms with Crippen molar-refractivity contribution < 1.29 is 4.79 Å². The summed E-state index contributed by atoms with van der Waals surface area (Å²) in [5, 5.41) is 3.44. The summed E-state index contributed by atoms with van der Waals surface area (Å²) in [5.41, 5.74) is 2.44. The number of hydrogen-bond acceptors (Lipinski definition) is 4. The van der Waals surface area contributed by atoms with E-state index in [9.17, 15) is 9.59 Å². The fraction of sp³-hybridized carbons (Fsp3) is 0.235. The number of aryl methyl sites for hydroxylation is 3. The van der Waals surface area contributed by atoms with Crippen molar-refractivity contribution in [1.29, 1.82) is 0 Å². The van der Waals surface area contributed by atoms with Crippen molar-refractivity contribution in [2.45, 2.75) is 27.3 Å². The normalized spacial score (nSPS) is 11.0. The van der Waals surface area contributed by atoms with E-state index < -0.39 is 0 Å². The number of halogens is 1. The van der Waals surface area contributed by atoms with Crippen LogP contribution in [0.2, 0.25) is 0 Å². The lowest BCUT2D eigenvalue weighted by atomic mass is 10.2. The van der Waals surface area contributed by atoms with Gasteiger partial charge in [-0.1, -0.05) is 15.9 Å². The van der Waals surface area contributed by atoms with E-state index in [-0.39, 0.29) is 18.0 Å². The lowest BCUT2D eigenvalue weighted by molar-refractivity contribution is -0.116. The summed E-state index contributed by atoms with van der Waals surface area (Å²) in [6, 6.07) is 5.61. The number of nitrogens with zero attached hydrogens (tertiary/aromatic N) is 2. The molecule has 1 N–H and O–H groups in total. The van der Waals surface area contributed by atoms with Crippen molar-refractivity contribution in [1.82, 2.24) is 9.55 Å². The molecular formula is C17H16BrN3O2S. The lowest BCUT2D eigenvalue weighted by Crippen LogP contribution is -2.28. The van der Waals surface area contributed by atoms with Crippen molar-refractivity contribution in [3.63, 3.8) is 0 Å². The molecule has 0 aliphatic rings. The van der Waals surface area contributed by atoms with E-state index in [4.69, 9.17) is 0 Å². The quantitative estimate of drug-likeness (QED) is 0.720. The first-order chi connectivity index (χ1) is 11.4. The van der Waals surface area contributed by atoms with Gasteiger partial charge in [-0.25, -0.2) is 4.98 Å². The number of benzene rings is 1. The summed E-state index contributed by atoms with van der Waals surface area (Å²) < 4.78 is 2.30. The van der Waals surface area contributed by atoms with Gasteiger partial charge < -0.3 is 5.32 Å². The molecule has 0 unspecified atom stereocenters. The first-order valence-corrected chi connectivity index (χ1v) is 8.99. The molecule has 3 aromatic rings. The zero-order valence-electron chi connectivity index (χ0n) is 13.5. The minimum Gasteiger partial charge on any atom is -0.324 e. The molecule has 0 saturated carbocycles. The van der Waals surface area contributed by atoms with Gasteiger partial charge in [0.25, 0.3) is 5.56 Å². The Balaban J connectivity index is 1.87. The maximum atomic E-state index is 12.6. The number of anilines is 1. The van der Waals surface area contributed by atoms with Gasteiger partial charge in [0.15, 0.2) is 0 Å². The molecule has 2 aromatic heterocycles. The number of nitrogens with one attached hydrogen (secondary N) is 1. The van der Waals surface area contributed by atoms with E-state index in [0.717, 1.165) is 31.0 Å². The summed E-state index contributed by atoms with van der Waals surface area (Å²) in [7, 11) is 0. The van der Waals surface area contributed by atoms with Gasteiger partial charge in [0, 0.05) is 15.0 Å². The summed E-state index contributed by atoms with van der Waals surface area (Å²) in [5.74, 6) is -0.256. The Labute approximate surface area is 151 Å². The van der Waals surface area contributed by atoms with Gasteiger partial charge in [-0.05, 0) is 50.1 Å². The van der Waals surface area contributed by atoms with Crippen LogP contribution in [0.15, 0.2) is 33.8 Å². The lowest BCUT2D eigenvalue weighted by Gasteiger charge is -2.10. The highest BCUT2D eigenvalue weighted by Crippen LogP contribution is 2.25. The molecule has 0 spiro atoms. The smallest absolute Gasteiger partial charge is 0.262 e. The molecule has 0 fully saturated rings. The minimum absolute atomic E-state index is 0.0639. The first kappa shape index (κ1) is 16.9. The van der Waals surface area contributed by atoms with Crippen LogP contribution in [0.5, 0.6) is 0 Å². The zero-order valence-corrected chi connectivity index (χ0v) is 15.9. The predicted molar refractivity (Wildman–Crippen MR) is 101 cm³/mol. The van der Waals surface area contributed by atoms with Gasteiger partial charge in [0.05, 0.1) is 11.7 Å². The first-order valence-electron chi connectivity index (χ1n) is 7.38. The number of thiophene rings is 1. The average Bonchev–Trinajstić information content (AvgIpc) is 2.81. The zero-order chi connectivity index (χ0) is 17.4. The van der Waals surface area contributed by atoms with Crippen molar-refractivity contribution in [3.8, 4) is 0 Å². The maximum absolute atomic E-state index is 12.6. The summed E-state index contributed by atoms with van der Waals surface area (Å²) in [4.78, 5) is 31.0. The number of carbonyl (C=O) groups is 1. The van der Waals surface area contributed by atoms with Crippen LogP contribution in [0.1, 0.15) is 16.0 Å². The number of rotatable bonds is 3. The van der Waals surface area contributed by atoms with E-state index in [1.54, 1.807) is 0 Å². The molecule has 5 nitrogen and oxygen atoms in total. The molecule has 7 heteroatoms. The van der Waals surface area contributed by atoms with Crippen molar-refractivity contribution >= 4 is 49.1 Å². The number of amides is 1. The van der Waals surface area contributed by atoms with Gasteiger partial charge >= 0.3 is 0 Å². The molecule has 124 valence electrons. The number of fused-ring (bicyclic) bond motifs is 1. The van der Waals surface area contributed by atoms with Crippen molar-refractivity contribution in [3.05, 3.63) is 55.4 Å². The predicted octanol–water partition coefficient (Wildman–Crippen LogP) is 3.78. The summed E-state index contributed by atoms with van der Waals surface area (Å²) in [6.07, 6.45) is 1.44. The number of aromatic nitrogens is 2. The second-order valence-electron chi connectivity index (χ2n) is 5.65. The average molecular weight is 406 g/mol. The number of carbonyl (C=O) groups excluding carboxylic acids is 1. The monoisotopic (exact) mass is 405 g/mol. The molecular weight excluding hydrogens is 390 g/mol. The molecule has 24 heavy (non-hydrogen) atoms. The molecule has 0 radical (unpaired) electrons. The van der Waals surface area contributed by atoms with Crippen molar-refractivity contribution in [2.75, 3.05) is 5.32 Å². The second kappa shape index (κ2) is 6.49. The van der Waals surface area contributed by atoms with Gasteiger partial charge in [-0.15, -0.1) is 11.3 Å². The van der Waals surface area contributed by atoms with Gasteiger partial charge in [0.1, 0.15) is 11.4 Å². The Hall–Kier alpha value is -1.99.